The summed E-state index contributed by atoms with van der Waals surface area (Å²) >= 11 is 0. The zero-order valence-electron chi connectivity index (χ0n) is 14.9. The molecule has 1 aliphatic heterocycles. The fourth-order valence-corrected chi connectivity index (χ4v) is 3.15. The van der Waals surface area contributed by atoms with Gasteiger partial charge in [-0.25, -0.2) is 4.68 Å². The lowest BCUT2D eigenvalue weighted by atomic mass is 10.2. The Bertz CT molecular complexity index is 671. The number of benzene rings is 1. The predicted octanol–water partition coefficient (Wildman–Crippen LogP) is 2.57. The molecule has 1 saturated heterocycles. The summed E-state index contributed by atoms with van der Waals surface area (Å²) in [6.07, 6.45) is 7.95. The second-order valence-corrected chi connectivity index (χ2v) is 6.75. The van der Waals surface area contributed by atoms with E-state index in [4.69, 9.17) is 0 Å². The number of aromatic nitrogens is 3. The lowest BCUT2D eigenvalue weighted by Crippen LogP contribution is -2.30. The summed E-state index contributed by atoms with van der Waals surface area (Å²) in [6, 6.07) is 7.96. The summed E-state index contributed by atoms with van der Waals surface area (Å²) in [5.74, 6) is -0.158. The molecule has 0 bridgehead atoms. The van der Waals surface area contributed by atoms with Crippen molar-refractivity contribution in [3.63, 3.8) is 0 Å². The Balaban J connectivity index is 1.44. The Morgan fingerprint density at radius 3 is 2.56 bits per heavy atom. The van der Waals surface area contributed by atoms with Gasteiger partial charge in [0.1, 0.15) is 0 Å². The number of amides is 1. The summed E-state index contributed by atoms with van der Waals surface area (Å²) in [5, 5.41) is 11.0. The third kappa shape index (κ3) is 5.13. The van der Waals surface area contributed by atoms with E-state index in [1.165, 1.54) is 44.3 Å². The topological polar surface area (TPSA) is 63.1 Å². The molecule has 2 heterocycles. The minimum Gasteiger partial charge on any atom is -0.351 e. The molecule has 1 aliphatic rings. The first kappa shape index (κ1) is 17.6. The molecule has 2 aromatic rings. The van der Waals surface area contributed by atoms with Crippen LogP contribution in [0, 0.1) is 6.92 Å². The lowest BCUT2D eigenvalue weighted by molar-refractivity contribution is 0.0946. The Morgan fingerprint density at radius 1 is 1.12 bits per heavy atom. The molecular formula is C19H27N5O. The number of hydrogen-bond donors (Lipinski definition) is 1. The van der Waals surface area contributed by atoms with Crippen molar-refractivity contribution < 1.29 is 4.79 Å². The molecule has 0 spiro atoms. The fourth-order valence-electron chi connectivity index (χ4n) is 3.15. The van der Waals surface area contributed by atoms with Crippen LogP contribution >= 0.6 is 0 Å². The lowest BCUT2D eigenvalue weighted by Gasteiger charge is -2.19. The smallest absolute Gasteiger partial charge is 0.273 e. The molecule has 134 valence electrons. The van der Waals surface area contributed by atoms with Crippen LogP contribution in [0.25, 0.3) is 5.69 Å². The van der Waals surface area contributed by atoms with Crippen LogP contribution in [0.3, 0.4) is 0 Å². The number of rotatable bonds is 6. The molecule has 1 N–H and O–H groups in total. The Labute approximate surface area is 149 Å². The van der Waals surface area contributed by atoms with Crippen LogP contribution in [0.15, 0.2) is 30.5 Å². The van der Waals surface area contributed by atoms with E-state index >= 15 is 0 Å². The number of likely N-dealkylation sites (tertiary alicyclic amines) is 1. The third-order valence-corrected chi connectivity index (χ3v) is 4.66. The predicted molar refractivity (Wildman–Crippen MR) is 98.0 cm³/mol. The maximum atomic E-state index is 12.2. The first-order valence-electron chi connectivity index (χ1n) is 9.22. The number of carbonyl (C=O) groups is 1. The van der Waals surface area contributed by atoms with E-state index < -0.39 is 0 Å². The highest BCUT2D eigenvalue weighted by atomic mass is 16.2. The van der Waals surface area contributed by atoms with Gasteiger partial charge in [-0.2, -0.15) is 0 Å². The second-order valence-electron chi connectivity index (χ2n) is 6.75. The number of nitrogens with zero attached hydrogens (tertiary/aromatic N) is 4. The third-order valence-electron chi connectivity index (χ3n) is 4.66. The SMILES string of the molecule is Cc1ccc(-n2cc(C(=O)NCCCN3CCCCCC3)nn2)cc1. The summed E-state index contributed by atoms with van der Waals surface area (Å²) in [7, 11) is 0. The van der Waals surface area contributed by atoms with Crippen molar-refractivity contribution >= 4 is 5.91 Å². The number of nitrogens with one attached hydrogen (secondary N) is 1. The molecular weight excluding hydrogens is 314 g/mol. The highest BCUT2D eigenvalue weighted by Crippen LogP contribution is 2.10. The molecule has 0 radical (unpaired) electrons. The largest absolute Gasteiger partial charge is 0.351 e. The van der Waals surface area contributed by atoms with Gasteiger partial charge in [-0.3, -0.25) is 4.79 Å². The van der Waals surface area contributed by atoms with Gasteiger partial charge in [0, 0.05) is 6.54 Å². The van der Waals surface area contributed by atoms with Crippen LogP contribution in [-0.4, -0.2) is 52.0 Å². The molecule has 1 aromatic heterocycles. The molecule has 1 fully saturated rings. The molecule has 0 saturated carbocycles. The summed E-state index contributed by atoms with van der Waals surface area (Å²) in [6.45, 7) is 6.15. The van der Waals surface area contributed by atoms with Crippen LogP contribution in [0.5, 0.6) is 0 Å². The minimum absolute atomic E-state index is 0.158. The highest BCUT2D eigenvalue weighted by Gasteiger charge is 2.12. The fraction of sp³-hybridized carbons (Fsp3) is 0.526. The second kappa shape index (κ2) is 8.76. The van der Waals surface area contributed by atoms with Gasteiger partial charge in [-0.1, -0.05) is 35.8 Å². The van der Waals surface area contributed by atoms with Crippen molar-refractivity contribution in [3.8, 4) is 5.69 Å². The standard InChI is InChI=1S/C19H27N5O/c1-16-7-9-17(10-8-16)24-15-18(21-22-24)19(25)20-11-6-14-23-12-4-2-3-5-13-23/h7-10,15H,2-6,11-14H2,1H3,(H,20,25). The zero-order valence-corrected chi connectivity index (χ0v) is 14.9. The molecule has 6 heteroatoms. The first-order chi connectivity index (χ1) is 12.2. The maximum absolute atomic E-state index is 12.2. The van der Waals surface area contributed by atoms with Gasteiger partial charge in [-0.05, 0) is 58.0 Å². The van der Waals surface area contributed by atoms with Crippen LogP contribution in [0.2, 0.25) is 0 Å². The van der Waals surface area contributed by atoms with E-state index in [9.17, 15) is 4.79 Å². The summed E-state index contributed by atoms with van der Waals surface area (Å²) in [4.78, 5) is 14.7. The summed E-state index contributed by atoms with van der Waals surface area (Å²) in [5.41, 5.74) is 2.44. The van der Waals surface area contributed by atoms with Crippen LogP contribution in [0.4, 0.5) is 0 Å². The van der Waals surface area contributed by atoms with Gasteiger partial charge in [0.15, 0.2) is 5.69 Å². The first-order valence-corrected chi connectivity index (χ1v) is 9.22. The van der Waals surface area contributed by atoms with Gasteiger partial charge >= 0.3 is 0 Å². The van der Waals surface area contributed by atoms with Crippen LogP contribution in [-0.2, 0) is 0 Å². The van der Waals surface area contributed by atoms with Gasteiger partial charge in [0.05, 0.1) is 11.9 Å². The Hall–Kier alpha value is -2.21. The van der Waals surface area contributed by atoms with Crippen molar-refractivity contribution in [2.45, 2.75) is 39.0 Å². The normalized spacial score (nSPS) is 15.7. The van der Waals surface area contributed by atoms with E-state index in [0.717, 1.165) is 18.7 Å². The summed E-state index contributed by atoms with van der Waals surface area (Å²) < 4.78 is 1.63. The quantitative estimate of drug-likeness (QED) is 0.820. The van der Waals surface area contributed by atoms with E-state index in [1.54, 1.807) is 10.9 Å². The van der Waals surface area contributed by atoms with Crippen molar-refractivity contribution in [1.82, 2.24) is 25.2 Å². The molecule has 0 aliphatic carbocycles. The molecule has 0 atom stereocenters. The number of aryl methyl sites for hydroxylation is 1. The van der Waals surface area contributed by atoms with Gasteiger partial charge in [0.25, 0.3) is 5.91 Å². The van der Waals surface area contributed by atoms with Crippen molar-refractivity contribution in [2.24, 2.45) is 0 Å². The van der Waals surface area contributed by atoms with Crippen molar-refractivity contribution in [2.75, 3.05) is 26.2 Å². The van der Waals surface area contributed by atoms with E-state index in [1.807, 2.05) is 31.2 Å². The van der Waals surface area contributed by atoms with Crippen molar-refractivity contribution in [3.05, 3.63) is 41.7 Å². The van der Waals surface area contributed by atoms with E-state index in [2.05, 4.69) is 20.5 Å². The van der Waals surface area contributed by atoms with Gasteiger partial charge in [0.2, 0.25) is 0 Å². The monoisotopic (exact) mass is 341 g/mol. The maximum Gasteiger partial charge on any atom is 0.273 e. The van der Waals surface area contributed by atoms with Crippen molar-refractivity contribution in [1.29, 1.82) is 0 Å². The Morgan fingerprint density at radius 2 is 1.84 bits per heavy atom. The molecule has 0 unspecified atom stereocenters. The Kier molecular flexibility index (Phi) is 6.17. The molecule has 1 amide bonds. The average molecular weight is 341 g/mol. The van der Waals surface area contributed by atoms with Crippen LogP contribution in [0.1, 0.15) is 48.2 Å². The molecule has 25 heavy (non-hydrogen) atoms. The zero-order chi connectivity index (χ0) is 17.5. The highest BCUT2D eigenvalue weighted by molar-refractivity contribution is 5.91. The minimum atomic E-state index is -0.158. The van der Waals surface area contributed by atoms with Gasteiger partial charge in [-0.15, -0.1) is 5.10 Å². The molecule has 1 aromatic carbocycles. The van der Waals surface area contributed by atoms with E-state index in [-0.39, 0.29) is 5.91 Å². The van der Waals surface area contributed by atoms with Gasteiger partial charge < -0.3 is 10.2 Å². The number of hydrogen-bond acceptors (Lipinski definition) is 4. The van der Waals surface area contributed by atoms with E-state index in [0.29, 0.717) is 12.2 Å². The molecule has 3 rings (SSSR count). The average Bonchev–Trinajstić information content (AvgIpc) is 2.97. The number of carbonyl (C=O) groups excluding carboxylic acids is 1. The van der Waals surface area contributed by atoms with Crippen LogP contribution < -0.4 is 5.32 Å². The molecule has 6 nitrogen and oxygen atoms in total.